The quantitative estimate of drug-likeness (QED) is 0.285. The lowest BCUT2D eigenvalue weighted by atomic mass is 9.83. The Morgan fingerprint density at radius 3 is 2.57 bits per heavy atom. The van der Waals surface area contributed by atoms with Crippen molar-refractivity contribution in [2.24, 2.45) is 5.92 Å². The van der Waals surface area contributed by atoms with Gasteiger partial charge in [0.05, 0.1) is 28.0 Å². The van der Waals surface area contributed by atoms with Crippen LogP contribution in [0, 0.1) is 5.92 Å². The van der Waals surface area contributed by atoms with Gasteiger partial charge in [0.25, 0.3) is 5.91 Å². The van der Waals surface area contributed by atoms with Gasteiger partial charge in [0, 0.05) is 18.6 Å². The van der Waals surface area contributed by atoms with Gasteiger partial charge >= 0.3 is 6.18 Å². The second-order valence-electron chi connectivity index (χ2n) is 9.17. The van der Waals surface area contributed by atoms with Crippen LogP contribution in [-0.4, -0.2) is 27.5 Å². The van der Waals surface area contributed by atoms with Gasteiger partial charge in [-0.15, -0.1) is 11.3 Å². The summed E-state index contributed by atoms with van der Waals surface area (Å²) in [6.07, 6.45) is 1.20. The molecular weight excluding hydrogens is 501 g/mol. The summed E-state index contributed by atoms with van der Waals surface area (Å²) in [7, 11) is 0. The van der Waals surface area contributed by atoms with Gasteiger partial charge in [-0.1, -0.05) is 36.4 Å². The maximum Gasteiger partial charge on any atom is 0.433 e. The Labute approximate surface area is 215 Å². The standard InChI is InChI=1S/C27H25F3N4O2S/c28-27(29,30)23-8-4-7-20(32-23)25(35)34-24-13-22-21(14-31-24)33-26(37-22)19-11-9-18(10-12-19)16-36-15-17-5-2-1-3-6-17/h1-8,13-14,18-19H,9-12,15-16H2,(H,31,34,35). The number of carbonyl (C=O) groups is 1. The number of amides is 1. The number of alkyl halides is 3. The summed E-state index contributed by atoms with van der Waals surface area (Å²) < 4.78 is 45.5. The fourth-order valence-corrected chi connectivity index (χ4v) is 5.63. The average Bonchev–Trinajstić information content (AvgIpc) is 3.33. The number of ether oxygens (including phenoxy) is 1. The molecule has 1 amide bonds. The second-order valence-corrected chi connectivity index (χ2v) is 10.2. The molecule has 1 aliphatic rings. The topological polar surface area (TPSA) is 77.0 Å². The Kier molecular flexibility index (Phi) is 7.48. The molecule has 0 aliphatic heterocycles. The van der Waals surface area contributed by atoms with E-state index in [1.165, 1.54) is 11.6 Å². The molecule has 1 saturated carbocycles. The number of rotatable bonds is 7. The molecule has 1 N–H and O–H groups in total. The maximum atomic E-state index is 12.9. The summed E-state index contributed by atoms with van der Waals surface area (Å²) in [6, 6.07) is 15.1. The molecule has 0 saturated heterocycles. The van der Waals surface area contributed by atoms with Gasteiger partial charge in [0.1, 0.15) is 17.2 Å². The lowest BCUT2D eigenvalue weighted by Gasteiger charge is -2.27. The zero-order valence-corrected chi connectivity index (χ0v) is 20.7. The van der Waals surface area contributed by atoms with Crippen molar-refractivity contribution in [3.63, 3.8) is 0 Å². The fraction of sp³-hybridized carbons (Fsp3) is 0.333. The molecule has 37 heavy (non-hydrogen) atoms. The number of carbonyl (C=O) groups excluding carboxylic acids is 1. The van der Waals surface area contributed by atoms with Gasteiger partial charge in [-0.3, -0.25) is 4.79 Å². The lowest BCUT2D eigenvalue weighted by molar-refractivity contribution is -0.141. The van der Waals surface area contributed by atoms with Crippen LogP contribution in [0.3, 0.4) is 0 Å². The number of hydrogen-bond donors (Lipinski definition) is 1. The van der Waals surface area contributed by atoms with E-state index in [4.69, 9.17) is 9.72 Å². The van der Waals surface area contributed by atoms with Crippen LogP contribution >= 0.6 is 11.3 Å². The first-order valence-electron chi connectivity index (χ1n) is 12.1. The number of hydrogen-bond acceptors (Lipinski definition) is 6. The van der Waals surface area contributed by atoms with E-state index < -0.39 is 17.8 Å². The molecule has 5 rings (SSSR count). The number of pyridine rings is 2. The summed E-state index contributed by atoms with van der Waals surface area (Å²) in [5, 5.41) is 3.58. The molecular formula is C27H25F3N4O2S. The number of anilines is 1. The zero-order valence-electron chi connectivity index (χ0n) is 19.9. The normalized spacial score (nSPS) is 18.1. The zero-order chi connectivity index (χ0) is 25.8. The number of fused-ring (bicyclic) bond motifs is 1. The predicted molar refractivity (Wildman–Crippen MR) is 135 cm³/mol. The smallest absolute Gasteiger partial charge is 0.376 e. The lowest BCUT2D eigenvalue weighted by Crippen LogP contribution is -2.17. The highest BCUT2D eigenvalue weighted by atomic mass is 32.1. The molecule has 0 radical (unpaired) electrons. The van der Waals surface area contributed by atoms with E-state index in [1.807, 2.05) is 18.2 Å². The first kappa shape index (κ1) is 25.3. The van der Waals surface area contributed by atoms with E-state index in [9.17, 15) is 18.0 Å². The van der Waals surface area contributed by atoms with Crippen LogP contribution in [0.4, 0.5) is 19.0 Å². The summed E-state index contributed by atoms with van der Waals surface area (Å²) in [5.41, 5.74) is 0.476. The summed E-state index contributed by atoms with van der Waals surface area (Å²) in [4.78, 5) is 24.9. The van der Waals surface area contributed by atoms with Crippen molar-refractivity contribution in [2.45, 2.75) is 44.4 Å². The molecule has 10 heteroatoms. The van der Waals surface area contributed by atoms with Crippen LogP contribution in [0.25, 0.3) is 10.2 Å². The molecule has 1 aliphatic carbocycles. The maximum absolute atomic E-state index is 12.9. The highest BCUT2D eigenvalue weighted by molar-refractivity contribution is 7.18. The third-order valence-corrected chi connectivity index (χ3v) is 7.65. The molecule has 0 atom stereocenters. The number of halogens is 3. The molecule has 1 fully saturated rings. The van der Waals surface area contributed by atoms with Gasteiger partial charge in [0.2, 0.25) is 0 Å². The Hall–Kier alpha value is -3.37. The summed E-state index contributed by atoms with van der Waals surface area (Å²) in [5.74, 6) is 0.402. The van der Waals surface area contributed by atoms with Crippen molar-refractivity contribution < 1.29 is 22.7 Å². The van der Waals surface area contributed by atoms with E-state index in [1.54, 1.807) is 23.6 Å². The fourth-order valence-electron chi connectivity index (χ4n) is 4.49. The molecule has 3 heterocycles. The molecule has 192 valence electrons. The minimum absolute atomic E-state index is 0.242. The van der Waals surface area contributed by atoms with Gasteiger partial charge in [0.15, 0.2) is 0 Å². The number of benzene rings is 1. The number of nitrogens with one attached hydrogen (secondary N) is 1. The van der Waals surface area contributed by atoms with Crippen molar-refractivity contribution in [2.75, 3.05) is 11.9 Å². The number of aromatic nitrogens is 3. The van der Waals surface area contributed by atoms with Crippen LogP contribution in [0.5, 0.6) is 0 Å². The van der Waals surface area contributed by atoms with E-state index >= 15 is 0 Å². The third kappa shape index (κ3) is 6.31. The molecule has 0 spiro atoms. The van der Waals surface area contributed by atoms with Gasteiger partial charge in [-0.25, -0.2) is 15.0 Å². The van der Waals surface area contributed by atoms with Crippen LogP contribution in [0.15, 0.2) is 60.8 Å². The number of thiazole rings is 1. The summed E-state index contributed by atoms with van der Waals surface area (Å²) in [6.45, 7) is 1.39. The largest absolute Gasteiger partial charge is 0.433 e. The second kappa shape index (κ2) is 10.9. The molecule has 3 aromatic heterocycles. The van der Waals surface area contributed by atoms with E-state index in [0.717, 1.165) is 59.6 Å². The highest BCUT2D eigenvalue weighted by Gasteiger charge is 2.33. The van der Waals surface area contributed by atoms with Gasteiger partial charge in [-0.2, -0.15) is 13.2 Å². The number of nitrogens with zero attached hydrogens (tertiary/aromatic N) is 3. The van der Waals surface area contributed by atoms with Gasteiger partial charge in [-0.05, 0) is 49.3 Å². The van der Waals surface area contributed by atoms with Crippen molar-refractivity contribution in [3.05, 3.63) is 82.8 Å². The van der Waals surface area contributed by atoms with Crippen molar-refractivity contribution in [1.82, 2.24) is 15.0 Å². The van der Waals surface area contributed by atoms with Crippen molar-refractivity contribution in [3.8, 4) is 0 Å². The van der Waals surface area contributed by atoms with Crippen molar-refractivity contribution >= 4 is 33.3 Å². The predicted octanol–water partition coefficient (Wildman–Crippen LogP) is 6.85. The SMILES string of the molecule is O=C(Nc1cc2sc(C3CCC(COCc4ccccc4)CC3)nc2cn1)c1cccc(C(F)(F)F)n1. The Bertz CT molecular complexity index is 1370. The van der Waals surface area contributed by atoms with Crippen LogP contribution < -0.4 is 5.32 Å². The Morgan fingerprint density at radius 1 is 1.03 bits per heavy atom. The summed E-state index contributed by atoms with van der Waals surface area (Å²) >= 11 is 1.56. The van der Waals surface area contributed by atoms with Crippen LogP contribution in [0.2, 0.25) is 0 Å². The third-order valence-electron chi connectivity index (χ3n) is 6.47. The first-order valence-corrected chi connectivity index (χ1v) is 12.9. The average molecular weight is 527 g/mol. The molecule has 0 unspecified atom stereocenters. The van der Waals surface area contributed by atoms with E-state index in [2.05, 4.69) is 27.4 Å². The van der Waals surface area contributed by atoms with E-state index in [0.29, 0.717) is 18.4 Å². The molecule has 4 aromatic rings. The molecule has 6 nitrogen and oxygen atoms in total. The van der Waals surface area contributed by atoms with Crippen LogP contribution in [-0.2, 0) is 17.5 Å². The minimum Gasteiger partial charge on any atom is -0.376 e. The molecule has 1 aromatic carbocycles. The van der Waals surface area contributed by atoms with Crippen molar-refractivity contribution in [1.29, 1.82) is 0 Å². The minimum atomic E-state index is -4.62. The molecule has 0 bridgehead atoms. The van der Waals surface area contributed by atoms with Crippen LogP contribution in [0.1, 0.15) is 58.4 Å². The van der Waals surface area contributed by atoms with Gasteiger partial charge < -0.3 is 10.1 Å². The Balaban J connectivity index is 1.17. The highest BCUT2D eigenvalue weighted by Crippen LogP contribution is 2.39. The monoisotopic (exact) mass is 526 g/mol. The Morgan fingerprint density at radius 2 is 1.81 bits per heavy atom. The first-order chi connectivity index (χ1) is 17.8. The van der Waals surface area contributed by atoms with E-state index in [-0.39, 0.29) is 11.5 Å².